The molecule has 0 atom stereocenters. The fourth-order valence-corrected chi connectivity index (χ4v) is 1.54. The monoisotopic (exact) mass is 173 g/mol. The quantitative estimate of drug-likeness (QED) is 0.605. The van der Waals surface area contributed by atoms with Crippen LogP contribution in [0, 0.1) is 0 Å². The lowest BCUT2D eigenvalue weighted by Gasteiger charge is -2.23. The number of carbonyl (C=O) groups excluding carboxylic acids is 1. The number of hydrogen-bond donors (Lipinski definition) is 0. The van der Waals surface area contributed by atoms with E-state index in [-0.39, 0.29) is 0 Å². The molecule has 0 unspecified atom stereocenters. The van der Waals surface area contributed by atoms with Gasteiger partial charge in [0.2, 0.25) is 0 Å². The number of rotatable bonds is 1. The molecule has 13 heavy (non-hydrogen) atoms. The smallest absolute Gasteiger partial charge is 0.150 e. The fraction of sp³-hybridized carbons (Fsp3) is 0.182. The largest absolute Gasteiger partial charge is 0.370 e. The fourth-order valence-electron chi connectivity index (χ4n) is 1.54. The predicted molar refractivity (Wildman–Crippen MR) is 54.1 cm³/mol. The van der Waals surface area contributed by atoms with Crippen LogP contribution in [0.15, 0.2) is 24.3 Å². The zero-order valence-corrected chi connectivity index (χ0v) is 7.53. The first-order chi connectivity index (χ1) is 6.31. The average Bonchev–Trinajstić information content (AvgIpc) is 2.18. The van der Waals surface area contributed by atoms with Gasteiger partial charge >= 0.3 is 0 Å². The molecule has 1 aliphatic rings. The highest BCUT2D eigenvalue weighted by Crippen LogP contribution is 2.25. The van der Waals surface area contributed by atoms with Crippen LogP contribution in [0.3, 0.4) is 0 Å². The molecule has 2 heteroatoms. The Bertz CT molecular complexity index is 368. The zero-order valence-electron chi connectivity index (χ0n) is 7.53. The summed E-state index contributed by atoms with van der Waals surface area (Å²) in [6.45, 7) is 0.912. The average molecular weight is 173 g/mol. The molecule has 0 amide bonds. The van der Waals surface area contributed by atoms with Gasteiger partial charge in [-0.1, -0.05) is 24.3 Å². The van der Waals surface area contributed by atoms with E-state index in [2.05, 4.69) is 17.1 Å². The number of likely N-dealkylation sites (N-methyl/N-ethyl adjacent to an activating group) is 1. The minimum Gasteiger partial charge on any atom is -0.370 e. The summed E-state index contributed by atoms with van der Waals surface area (Å²) in [7, 11) is 2.02. The molecule has 66 valence electrons. The van der Waals surface area contributed by atoms with Gasteiger partial charge in [-0.15, -0.1) is 0 Å². The van der Waals surface area contributed by atoms with E-state index in [0.29, 0.717) is 0 Å². The Morgan fingerprint density at radius 3 is 3.08 bits per heavy atom. The predicted octanol–water partition coefficient (Wildman–Crippen LogP) is 1.96. The Hall–Kier alpha value is -1.57. The van der Waals surface area contributed by atoms with Crippen molar-refractivity contribution in [2.75, 3.05) is 18.5 Å². The number of fused-ring (bicyclic) bond motifs is 1. The van der Waals surface area contributed by atoms with Gasteiger partial charge in [0, 0.05) is 24.8 Å². The molecule has 0 saturated carbocycles. The standard InChI is InChI=1S/C11H11NO/c1-12-6-2-3-10-5-4-9(8-13)7-11(10)12/h2-5,7-8H,6H2,1H3. The Balaban J connectivity index is 2.54. The van der Waals surface area contributed by atoms with E-state index in [9.17, 15) is 4.79 Å². The van der Waals surface area contributed by atoms with E-state index in [1.54, 1.807) is 0 Å². The second kappa shape index (κ2) is 3.05. The van der Waals surface area contributed by atoms with Crippen molar-refractivity contribution in [3.05, 3.63) is 35.4 Å². The Morgan fingerprint density at radius 1 is 1.46 bits per heavy atom. The van der Waals surface area contributed by atoms with Crippen molar-refractivity contribution < 1.29 is 4.79 Å². The first kappa shape index (κ1) is 8.05. The lowest BCUT2D eigenvalue weighted by atomic mass is 10.1. The summed E-state index contributed by atoms with van der Waals surface area (Å²) in [5, 5.41) is 0. The summed E-state index contributed by atoms with van der Waals surface area (Å²) >= 11 is 0. The van der Waals surface area contributed by atoms with E-state index in [0.717, 1.165) is 24.1 Å². The van der Waals surface area contributed by atoms with Gasteiger partial charge in [0.25, 0.3) is 0 Å². The number of aldehydes is 1. The number of nitrogens with zero attached hydrogens (tertiary/aromatic N) is 1. The molecule has 1 aromatic rings. The van der Waals surface area contributed by atoms with Gasteiger partial charge in [-0.25, -0.2) is 0 Å². The molecule has 2 nitrogen and oxygen atoms in total. The molecule has 0 N–H and O–H groups in total. The SMILES string of the molecule is CN1CC=Cc2ccc(C=O)cc21. The van der Waals surface area contributed by atoms with E-state index in [1.807, 2.05) is 25.2 Å². The summed E-state index contributed by atoms with van der Waals surface area (Å²) < 4.78 is 0. The Morgan fingerprint density at radius 2 is 2.31 bits per heavy atom. The minimum absolute atomic E-state index is 0.737. The molecular formula is C11H11NO. The molecule has 2 rings (SSSR count). The third-order valence-electron chi connectivity index (χ3n) is 2.28. The Kier molecular flexibility index (Phi) is 1.89. The van der Waals surface area contributed by atoms with Crippen LogP contribution < -0.4 is 4.90 Å². The number of anilines is 1. The molecule has 0 aliphatic carbocycles. The second-order valence-corrected chi connectivity index (χ2v) is 3.22. The van der Waals surface area contributed by atoms with Crippen molar-refractivity contribution in [3.8, 4) is 0 Å². The van der Waals surface area contributed by atoms with Gasteiger partial charge in [0.1, 0.15) is 6.29 Å². The van der Waals surface area contributed by atoms with Gasteiger partial charge in [-0.3, -0.25) is 4.79 Å². The normalized spacial score (nSPS) is 14.1. The van der Waals surface area contributed by atoms with Gasteiger partial charge in [0.05, 0.1) is 0 Å². The van der Waals surface area contributed by atoms with Crippen molar-refractivity contribution in [2.24, 2.45) is 0 Å². The van der Waals surface area contributed by atoms with Crippen molar-refractivity contribution >= 4 is 18.0 Å². The number of benzene rings is 1. The number of hydrogen-bond acceptors (Lipinski definition) is 2. The van der Waals surface area contributed by atoms with E-state index in [1.165, 1.54) is 5.56 Å². The molecule has 0 fully saturated rings. The lowest BCUT2D eigenvalue weighted by molar-refractivity contribution is 0.112. The topological polar surface area (TPSA) is 20.3 Å². The molecule has 0 radical (unpaired) electrons. The van der Waals surface area contributed by atoms with E-state index < -0.39 is 0 Å². The third-order valence-corrected chi connectivity index (χ3v) is 2.28. The second-order valence-electron chi connectivity index (χ2n) is 3.22. The lowest BCUT2D eigenvalue weighted by Crippen LogP contribution is -2.20. The molecule has 0 spiro atoms. The van der Waals surface area contributed by atoms with E-state index >= 15 is 0 Å². The van der Waals surface area contributed by atoms with Crippen molar-refractivity contribution in [3.63, 3.8) is 0 Å². The summed E-state index contributed by atoms with van der Waals surface area (Å²) in [6, 6.07) is 5.74. The van der Waals surface area contributed by atoms with Crippen molar-refractivity contribution in [1.82, 2.24) is 0 Å². The number of carbonyl (C=O) groups is 1. The van der Waals surface area contributed by atoms with Crippen molar-refractivity contribution in [1.29, 1.82) is 0 Å². The molecule has 0 aromatic heterocycles. The summed E-state index contributed by atoms with van der Waals surface area (Å²) in [5.74, 6) is 0. The van der Waals surface area contributed by atoms with Gasteiger partial charge in [-0.2, -0.15) is 0 Å². The highest BCUT2D eigenvalue weighted by Gasteiger charge is 2.08. The van der Waals surface area contributed by atoms with Crippen LogP contribution >= 0.6 is 0 Å². The Labute approximate surface area is 77.5 Å². The first-order valence-corrected chi connectivity index (χ1v) is 4.28. The summed E-state index contributed by atoms with van der Waals surface area (Å²) in [4.78, 5) is 12.7. The van der Waals surface area contributed by atoms with Crippen LogP contribution in [0.1, 0.15) is 15.9 Å². The van der Waals surface area contributed by atoms with Crippen LogP contribution in [0.2, 0.25) is 0 Å². The van der Waals surface area contributed by atoms with Crippen LogP contribution in [-0.4, -0.2) is 19.9 Å². The maximum absolute atomic E-state index is 10.6. The maximum Gasteiger partial charge on any atom is 0.150 e. The minimum atomic E-state index is 0.737. The van der Waals surface area contributed by atoms with Crippen LogP contribution in [0.25, 0.3) is 6.08 Å². The molecule has 1 aliphatic heterocycles. The van der Waals surface area contributed by atoms with Crippen LogP contribution in [0.4, 0.5) is 5.69 Å². The van der Waals surface area contributed by atoms with Gasteiger partial charge in [0.15, 0.2) is 0 Å². The molecule has 1 heterocycles. The van der Waals surface area contributed by atoms with Crippen molar-refractivity contribution in [2.45, 2.75) is 0 Å². The molecule has 1 aromatic carbocycles. The summed E-state index contributed by atoms with van der Waals surface area (Å²) in [5.41, 5.74) is 3.05. The summed E-state index contributed by atoms with van der Waals surface area (Å²) in [6.07, 6.45) is 5.08. The van der Waals surface area contributed by atoms with Crippen LogP contribution in [0.5, 0.6) is 0 Å². The van der Waals surface area contributed by atoms with E-state index in [4.69, 9.17) is 0 Å². The molecule has 0 bridgehead atoms. The zero-order chi connectivity index (χ0) is 9.26. The highest BCUT2D eigenvalue weighted by molar-refractivity contribution is 5.81. The maximum atomic E-state index is 10.6. The molecule has 0 saturated heterocycles. The highest BCUT2D eigenvalue weighted by atomic mass is 16.1. The van der Waals surface area contributed by atoms with Gasteiger partial charge < -0.3 is 4.90 Å². The van der Waals surface area contributed by atoms with Crippen LogP contribution in [-0.2, 0) is 0 Å². The third kappa shape index (κ3) is 1.35. The van der Waals surface area contributed by atoms with Gasteiger partial charge in [-0.05, 0) is 11.6 Å². The molecular weight excluding hydrogens is 162 g/mol. The first-order valence-electron chi connectivity index (χ1n) is 4.28.